The number of alkyl halides is 3. The largest absolute Gasteiger partial charge is 0.484 e. The minimum absolute atomic E-state index is 0.193. The average molecular weight is 365 g/mol. The lowest BCUT2D eigenvalue weighted by Gasteiger charge is -2.09. The van der Waals surface area contributed by atoms with Crippen LogP contribution in [-0.2, 0) is 5.75 Å². The highest BCUT2D eigenvalue weighted by Crippen LogP contribution is 2.24. The molecule has 1 heterocycles. The molecule has 3 aromatic rings. The van der Waals surface area contributed by atoms with Gasteiger partial charge in [0.2, 0.25) is 5.16 Å². The molecule has 0 fully saturated rings. The van der Waals surface area contributed by atoms with Gasteiger partial charge in [-0.3, -0.25) is 0 Å². The molecule has 0 radical (unpaired) electrons. The second-order valence-corrected chi connectivity index (χ2v) is 6.09. The van der Waals surface area contributed by atoms with Crippen molar-refractivity contribution in [3.63, 3.8) is 0 Å². The molecule has 0 saturated heterocycles. The molecule has 0 spiro atoms. The van der Waals surface area contributed by atoms with Gasteiger partial charge in [-0.25, -0.2) is 9.67 Å². The summed E-state index contributed by atoms with van der Waals surface area (Å²) in [5.74, 6) is 0.723. The summed E-state index contributed by atoms with van der Waals surface area (Å²) in [4.78, 5) is 4.23. The Morgan fingerprint density at radius 2 is 1.84 bits per heavy atom. The molecule has 0 saturated carbocycles. The van der Waals surface area contributed by atoms with Gasteiger partial charge in [0.1, 0.15) is 12.1 Å². The normalized spacial score (nSPS) is 11.5. The molecule has 0 aliphatic heterocycles. The predicted octanol–water partition coefficient (Wildman–Crippen LogP) is 4.50. The Bertz CT molecular complexity index is 821. The van der Waals surface area contributed by atoms with Crippen LogP contribution in [0.4, 0.5) is 13.2 Å². The smallest absolute Gasteiger partial charge is 0.422 e. The van der Waals surface area contributed by atoms with Crippen LogP contribution in [0.25, 0.3) is 5.69 Å². The quantitative estimate of drug-likeness (QED) is 0.603. The van der Waals surface area contributed by atoms with E-state index in [9.17, 15) is 13.2 Å². The van der Waals surface area contributed by atoms with Gasteiger partial charge in [-0.1, -0.05) is 42.1 Å². The summed E-state index contributed by atoms with van der Waals surface area (Å²) in [5.41, 5.74) is 1.74. The maximum Gasteiger partial charge on any atom is 0.422 e. The third-order valence-corrected chi connectivity index (χ3v) is 4.08. The van der Waals surface area contributed by atoms with Gasteiger partial charge < -0.3 is 4.74 Å². The Morgan fingerprint density at radius 1 is 1.04 bits per heavy atom. The van der Waals surface area contributed by atoms with Gasteiger partial charge in [0.15, 0.2) is 6.61 Å². The van der Waals surface area contributed by atoms with Crippen LogP contribution in [0.2, 0.25) is 0 Å². The molecule has 25 heavy (non-hydrogen) atoms. The molecule has 3 rings (SSSR count). The fourth-order valence-electron chi connectivity index (χ4n) is 2.06. The number of ether oxygens (including phenoxy) is 1. The zero-order chi connectivity index (χ0) is 17.7. The molecule has 0 aliphatic rings. The van der Waals surface area contributed by atoms with Crippen molar-refractivity contribution in [1.82, 2.24) is 14.8 Å². The van der Waals surface area contributed by atoms with E-state index >= 15 is 0 Å². The van der Waals surface area contributed by atoms with E-state index in [4.69, 9.17) is 4.74 Å². The van der Waals surface area contributed by atoms with Crippen molar-refractivity contribution in [3.8, 4) is 11.4 Å². The number of nitrogens with zero attached hydrogens (tertiary/aromatic N) is 3. The number of thioether (sulfide) groups is 1. The van der Waals surface area contributed by atoms with Gasteiger partial charge in [0, 0.05) is 5.75 Å². The second-order valence-electron chi connectivity index (χ2n) is 5.15. The molecule has 2 aromatic carbocycles. The molecule has 0 bridgehead atoms. The predicted molar refractivity (Wildman–Crippen MR) is 88.9 cm³/mol. The molecule has 8 heteroatoms. The van der Waals surface area contributed by atoms with Crippen molar-refractivity contribution in [3.05, 3.63) is 66.5 Å². The van der Waals surface area contributed by atoms with Gasteiger partial charge in [-0.05, 0) is 29.8 Å². The summed E-state index contributed by atoms with van der Waals surface area (Å²) in [5, 5.41) is 4.96. The van der Waals surface area contributed by atoms with E-state index in [1.165, 1.54) is 17.8 Å². The Hall–Kier alpha value is -2.48. The minimum Gasteiger partial charge on any atom is -0.484 e. The molecular formula is C17H14F3N3OS. The summed E-state index contributed by atoms with van der Waals surface area (Å²) in [6.07, 6.45) is -2.72. The monoisotopic (exact) mass is 365 g/mol. The standard InChI is InChI=1S/C17H14F3N3OS/c18-17(19,20)11-24-15-8-4-5-13(9-15)10-25-16-21-12-23(22-16)14-6-2-1-3-7-14/h1-9,12H,10-11H2. The van der Waals surface area contributed by atoms with E-state index in [1.54, 1.807) is 23.1 Å². The van der Waals surface area contributed by atoms with Crippen LogP contribution in [0, 0.1) is 0 Å². The summed E-state index contributed by atoms with van der Waals surface area (Å²) in [7, 11) is 0. The lowest BCUT2D eigenvalue weighted by molar-refractivity contribution is -0.153. The van der Waals surface area contributed by atoms with Crippen LogP contribution in [-0.4, -0.2) is 27.5 Å². The third-order valence-electron chi connectivity index (χ3n) is 3.16. The van der Waals surface area contributed by atoms with E-state index in [1.807, 2.05) is 36.4 Å². The lowest BCUT2D eigenvalue weighted by Crippen LogP contribution is -2.19. The Morgan fingerprint density at radius 3 is 2.60 bits per heavy atom. The Labute approximate surface area is 146 Å². The van der Waals surface area contributed by atoms with Crippen LogP contribution < -0.4 is 4.74 Å². The topological polar surface area (TPSA) is 39.9 Å². The molecule has 0 N–H and O–H groups in total. The average Bonchev–Trinajstić information content (AvgIpc) is 3.08. The first kappa shape index (κ1) is 17.3. The number of hydrogen-bond acceptors (Lipinski definition) is 4. The van der Waals surface area contributed by atoms with Crippen LogP contribution in [0.3, 0.4) is 0 Å². The zero-order valence-electron chi connectivity index (χ0n) is 13.0. The molecule has 0 aliphatic carbocycles. The van der Waals surface area contributed by atoms with Crippen molar-refractivity contribution in [2.24, 2.45) is 0 Å². The molecule has 4 nitrogen and oxygen atoms in total. The van der Waals surface area contributed by atoms with Crippen molar-refractivity contribution < 1.29 is 17.9 Å². The number of rotatable bonds is 6. The maximum absolute atomic E-state index is 12.2. The number of aromatic nitrogens is 3. The first-order chi connectivity index (χ1) is 12.0. The van der Waals surface area contributed by atoms with Crippen LogP contribution >= 0.6 is 11.8 Å². The van der Waals surface area contributed by atoms with Gasteiger partial charge in [0.25, 0.3) is 0 Å². The van der Waals surface area contributed by atoms with Crippen LogP contribution in [0.15, 0.2) is 66.1 Å². The van der Waals surface area contributed by atoms with E-state index in [0.29, 0.717) is 10.9 Å². The highest BCUT2D eigenvalue weighted by Gasteiger charge is 2.28. The summed E-state index contributed by atoms with van der Waals surface area (Å²) >= 11 is 1.40. The molecule has 0 unspecified atom stereocenters. The Kier molecular flexibility index (Phi) is 5.28. The van der Waals surface area contributed by atoms with Gasteiger partial charge in [-0.2, -0.15) is 13.2 Å². The zero-order valence-corrected chi connectivity index (χ0v) is 13.8. The first-order valence-electron chi connectivity index (χ1n) is 7.38. The fraction of sp³-hybridized carbons (Fsp3) is 0.176. The third kappa shape index (κ3) is 5.25. The number of halogens is 3. The van der Waals surface area contributed by atoms with Crippen molar-refractivity contribution in [2.75, 3.05) is 6.61 Å². The first-order valence-corrected chi connectivity index (χ1v) is 8.36. The highest BCUT2D eigenvalue weighted by atomic mass is 32.2. The van der Waals surface area contributed by atoms with Gasteiger partial charge in [-0.15, -0.1) is 5.10 Å². The van der Waals surface area contributed by atoms with Gasteiger partial charge >= 0.3 is 6.18 Å². The maximum atomic E-state index is 12.2. The SMILES string of the molecule is FC(F)(F)COc1cccc(CSc2ncn(-c3ccccc3)n2)c1. The minimum atomic E-state index is -4.35. The van der Waals surface area contributed by atoms with E-state index in [2.05, 4.69) is 10.1 Å². The number of para-hydroxylation sites is 1. The number of hydrogen-bond donors (Lipinski definition) is 0. The van der Waals surface area contributed by atoms with Crippen molar-refractivity contribution in [2.45, 2.75) is 17.1 Å². The molecule has 0 amide bonds. The second kappa shape index (κ2) is 7.60. The van der Waals surface area contributed by atoms with Crippen LogP contribution in [0.5, 0.6) is 5.75 Å². The van der Waals surface area contributed by atoms with Crippen LogP contribution in [0.1, 0.15) is 5.56 Å². The van der Waals surface area contributed by atoms with Gasteiger partial charge in [0.05, 0.1) is 5.69 Å². The molecular weight excluding hydrogens is 351 g/mol. The number of benzene rings is 2. The highest BCUT2D eigenvalue weighted by molar-refractivity contribution is 7.98. The summed E-state index contributed by atoms with van der Waals surface area (Å²) in [6.45, 7) is -1.30. The summed E-state index contributed by atoms with van der Waals surface area (Å²) < 4.78 is 43.0. The van der Waals surface area contributed by atoms with E-state index in [0.717, 1.165) is 11.3 Å². The Balaban J connectivity index is 1.60. The molecule has 1 aromatic heterocycles. The lowest BCUT2D eigenvalue weighted by atomic mass is 10.2. The summed E-state index contributed by atoms with van der Waals surface area (Å²) in [6, 6.07) is 16.2. The van der Waals surface area contributed by atoms with Crippen molar-refractivity contribution in [1.29, 1.82) is 0 Å². The molecule has 0 atom stereocenters. The van der Waals surface area contributed by atoms with E-state index < -0.39 is 12.8 Å². The fourth-order valence-corrected chi connectivity index (χ4v) is 2.80. The molecule has 130 valence electrons. The van der Waals surface area contributed by atoms with E-state index in [-0.39, 0.29) is 5.75 Å². The van der Waals surface area contributed by atoms with Crippen molar-refractivity contribution >= 4 is 11.8 Å².